The number of likely N-dealkylation sites (tertiary alicyclic amines) is 1. The van der Waals surface area contributed by atoms with Gasteiger partial charge in [-0.2, -0.15) is 0 Å². The van der Waals surface area contributed by atoms with E-state index < -0.39 is 0 Å². The standard InChI is InChI=1S/C14H22N4O2/c1-10(2)20-13-8-12(15-9-16-13)17-11(3)14(19)18-6-4-5-7-18/h8-11H,4-7H2,1-3H3,(H,15,16,17). The van der Waals surface area contributed by atoms with Crippen LogP contribution in [0.5, 0.6) is 5.88 Å². The maximum atomic E-state index is 12.2. The Morgan fingerprint density at radius 3 is 2.65 bits per heavy atom. The van der Waals surface area contributed by atoms with Gasteiger partial charge in [-0.3, -0.25) is 4.79 Å². The lowest BCUT2D eigenvalue weighted by Gasteiger charge is -2.21. The Labute approximate surface area is 119 Å². The Hall–Kier alpha value is -1.85. The van der Waals surface area contributed by atoms with Gasteiger partial charge in [0.2, 0.25) is 11.8 Å². The molecule has 0 spiro atoms. The van der Waals surface area contributed by atoms with Crippen LogP contribution in [0, 0.1) is 0 Å². The molecule has 1 fully saturated rings. The highest BCUT2D eigenvalue weighted by atomic mass is 16.5. The van der Waals surface area contributed by atoms with Crippen molar-refractivity contribution >= 4 is 11.7 Å². The normalized spacial score (nSPS) is 16.3. The predicted octanol–water partition coefficient (Wildman–Crippen LogP) is 1.69. The number of hydrogen-bond acceptors (Lipinski definition) is 5. The average molecular weight is 278 g/mol. The number of aromatic nitrogens is 2. The third kappa shape index (κ3) is 3.82. The fourth-order valence-corrected chi connectivity index (χ4v) is 2.22. The van der Waals surface area contributed by atoms with Gasteiger partial charge in [0.05, 0.1) is 6.10 Å². The van der Waals surface area contributed by atoms with Crippen LogP contribution in [0.25, 0.3) is 0 Å². The van der Waals surface area contributed by atoms with Crippen molar-refractivity contribution in [1.82, 2.24) is 14.9 Å². The van der Waals surface area contributed by atoms with Crippen LogP contribution in [0.15, 0.2) is 12.4 Å². The highest BCUT2D eigenvalue weighted by molar-refractivity contribution is 5.84. The van der Waals surface area contributed by atoms with E-state index in [1.165, 1.54) is 6.33 Å². The fraction of sp³-hybridized carbons (Fsp3) is 0.643. The molecule has 1 unspecified atom stereocenters. The quantitative estimate of drug-likeness (QED) is 0.887. The number of amides is 1. The van der Waals surface area contributed by atoms with Gasteiger partial charge in [-0.05, 0) is 33.6 Å². The van der Waals surface area contributed by atoms with Crippen LogP contribution in [0.4, 0.5) is 5.82 Å². The molecule has 0 bridgehead atoms. The molecule has 0 aliphatic carbocycles. The van der Waals surface area contributed by atoms with Crippen LogP contribution in [0.2, 0.25) is 0 Å². The summed E-state index contributed by atoms with van der Waals surface area (Å²) >= 11 is 0. The molecule has 0 saturated carbocycles. The van der Waals surface area contributed by atoms with Gasteiger partial charge in [0, 0.05) is 19.2 Å². The van der Waals surface area contributed by atoms with E-state index in [-0.39, 0.29) is 18.1 Å². The number of hydrogen-bond donors (Lipinski definition) is 1. The molecule has 1 N–H and O–H groups in total. The molecule has 6 heteroatoms. The summed E-state index contributed by atoms with van der Waals surface area (Å²) in [5.41, 5.74) is 0. The maximum Gasteiger partial charge on any atom is 0.244 e. The van der Waals surface area contributed by atoms with Gasteiger partial charge in [-0.25, -0.2) is 9.97 Å². The molecule has 1 aromatic rings. The summed E-state index contributed by atoms with van der Waals surface area (Å²) in [6.45, 7) is 7.45. The van der Waals surface area contributed by atoms with Crippen molar-refractivity contribution < 1.29 is 9.53 Å². The lowest BCUT2D eigenvalue weighted by molar-refractivity contribution is -0.130. The molecule has 0 aromatic carbocycles. The monoisotopic (exact) mass is 278 g/mol. The molecular formula is C14H22N4O2. The van der Waals surface area contributed by atoms with Crippen molar-refractivity contribution in [2.45, 2.75) is 45.8 Å². The zero-order chi connectivity index (χ0) is 14.5. The van der Waals surface area contributed by atoms with Crippen molar-refractivity contribution in [1.29, 1.82) is 0 Å². The molecule has 1 amide bonds. The van der Waals surface area contributed by atoms with Crippen molar-refractivity contribution in [3.63, 3.8) is 0 Å². The van der Waals surface area contributed by atoms with Gasteiger partial charge in [0.25, 0.3) is 0 Å². The summed E-state index contributed by atoms with van der Waals surface area (Å²) in [7, 11) is 0. The predicted molar refractivity (Wildman–Crippen MR) is 76.7 cm³/mol. The Morgan fingerprint density at radius 2 is 2.00 bits per heavy atom. The van der Waals surface area contributed by atoms with E-state index in [0.29, 0.717) is 11.7 Å². The third-order valence-corrected chi connectivity index (χ3v) is 3.15. The fourth-order valence-electron chi connectivity index (χ4n) is 2.22. The summed E-state index contributed by atoms with van der Waals surface area (Å²) in [6.07, 6.45) is 3.69. The summed E-state index contributed by atoms with van der Waals surface area (Å²) < 4.78 is 5.51. The van der Waals surface area contributed by atoms with E-state index in [1.54, 1.807) is 6.07 Å². The van der Waals surface area contributed by atoms with Crippen molar-refractivity contribution in [3.8, 4) is 5.88 Å². The lowest BCUT2D eigenvalue weighted by Crippen LogP contribution is -2.39. The number of ether oxygens (including phenoxy) is 1. The van der Waals surface area contributed by atoms with E-state index in [4.69, 9.17) is 4.74 Å². The molecule has 20 heavy (non-hydrogen) atoms. The van der Waals surface area contributed by atoms with E-state index in [1.807, 2.05) is 25.7 Å². The summed E-state index contributed by atoms with van der Waals surface area (Å²) in [6, 6.07) is 1.42. The van der Waals surface area contributed by atoms with Gasteiger partial charge in [-0.15, -0.1) is 0 Å². The minimum Gasteiger partial charge on any atom is -0.475 e. The summed E-state index contributed by atoms with van der Waals surface area (Å²) in [5.74, 6) is 1.24. The van der Waals surface area contributed by atoms with Crippen LogP contribution in [0.3, 0.4) is 0 Å². The van der Waals surface area contributed by atoms with E-state index in [9.17, 15) is 4.79 Å². The highest BCUT2D eigenvalue weighted by Gasteiger charge is 2.23. The smallest absolute Gasteiger partial charge is 0.244 e. The summed E-state index contributed by atoms with van der Waals surface area (Å²) in [4.78, 5) is 22.3. The Bertz CT molecular complexity index is 458. The van der Waals surface area contributed by atoms with Gasteiger partial charge < -0.3 is 15.0 Å². The molecular weight excluding hydrogens is 256 g/mol. The number of anilines is 1. The molecule has 1 aromatic heterocycles. The number of nitrogens with one attached hydrogen (secondary N) is 1. The van der Waals surface area contributed by atoms with Crippen molar-refractivity contribution in [2.75, 3.05) is 18.4 Å². The van der Waals surface area contributed by atoms with Gasteiger partial charge in [0.15, 0.2) is 0 Å². The molecule has 2 heterocycles. The molecule has 6 nitrogen and oxygen atoms in total. The number of nitrogens with zero attached hydrogens (tertiary/aromatic N) is 3. The zero-order valence-electron chi connectivity index (χ0n) is 12.3. The second-order valence-electron chi connectivity index (χ2n) is 5.31. The average Bonchev–Trinajstić information content (AvgIpc) is 2.91. The van der Waals surface area contributed by atoms with Gasteiger partial charge in [0.1, 0.15) is 18.2 Å². The molecule has 1 aliphatic rings. The van der Waals surface area contributed by atoms with Crippen molar-refractivity contribution in [3.05, 3.63) is 12.4 Å². The van der Waals surface area contributed by atoms with Crippen LogP contribution >= 0.6 is 0 Å². The van der Waals surface area contributed by atoms with E-state index >= 15 is 0 Å². The topological polar surface area (TPSA) is 67.3 Å². The first kappa shape index (κ1) is 14.6. The Balaban J connectivity index is 1.96. The van der Waals surface area contributed by atoms with E-state index in [0.717, 1.165) is 25.9 Å². The van der Waals surface area contributed by atoms with Crippen LogP contribution in [0.1, 0.15) is 33.6 Å². The first-order chi connectivity index (χ1) is 9.56. The summed E-state index contributed by atoms with van der Waals surface area (Å²) in [5, 5.41) is 3.11. The second kappa shape index (κ2) is 6.54. The molecule has 0 radical (unpaired) electrons. The van der Waals surface area contributed by atoms with Crippen LogP contribution in [-0.2, 0) is 4.79 Å². The Kier molecular flexibility index (Phi) is 4.76. The minimum atomic E-state index is -0.296. The molecule has 1 atom stereocenters. The van der Waals surface area contributed by atoms with Gasteiger partial charge in [-0.1, -0.05) is 0 Å². The number of carbonyl (C=O) groups excluding carboxylic acids is 1. The first-order valence-electron chi connectivity index (χ1n) is 7.10. The van der Waals surface area contributed by atoms with Crippen LogP contribution in [-0.4, -0.2) is 46.0 Å². The molecule has 1 saturated heterocycles. The number of rotatable bonds is 5. The maximum absolute atomic E-state index is 12.2. The molecule has 2 rings (SSSR count). The van der Waals surface area contributed by atoms with Crippen molar-refractivity contribution in [2.24, 2.45) is 0 Å². The SMILES string of the molecule is CC(C)Oc1cc(NC(C)C(=O)N2CCCC2)ncn1. The second-order valence-corrected chi connectivity index (χ2v) is 5.31. The Morgan fingerprint density at radius 1 is 1.30 bits per heavy atom. The molecule has 110 valence electrons. The van der Waals surface area contributed by atoms with Gasteiger partial charge >= 0.3 is 0 Å². The third-order valence-electron chi connectivity index (χ3n) is 3.15. The zero-order valence-corrected chi connectivity index (χ0v) is 12.3. The largest absolute Gasteiger partial charge is 0.475 e. The molecule has 1 aliphatic heterocycles. The highest BCUT2D eigenvalue weighted by Crippen LogP contribution is 2.15. The lowest BCUT2D eigenvalue weighted by atomic mass is 10.3. The minimum absolute atomic E-state index is 0.0569. The van der Waals surface area contributed by atoms with E-state index in [2.05, 4.69) is 15.3 Å². The first-order valence-corrected chi connectivity index (χ1v) is 7.10. The number of carbonyl (C=O) groups is 1. The van der Waals surface area contributed by atoms with Crippen LogP contribution < -0.4 is 10.1 Å².